The van der Waals surface area contributed by atoms with E-state index in [1.54, 1.807) is 33.7 Å². The molecule has 0 saturated carbocycles. The van der Waals surface area contributed by atoms with Gasteiger partial charge in [0.2, 0.25) is 5.91 Å². The SMILES string of the molecule is CCOCCCn1c(SCC(=O)N(CC)Cc2ccc(OC)c(F)c2)nc2ccccc2c1=O. The van der Waals surface area contributed by atoms with Crippen LogP contribution >= 0.6 is 11.8 Å². The predicted molar refractivity (Wildman–Crippen MR) is 132 cm³/mol. The van der Waals surface area contributed by atoms with E-state index < -0.39 is 5.82 Å². The molecule has 0 unspecified atom stereocenters. The van der Waals surface area contributed by atoms with Gasteiger partial charge < -0.3 is 14.4 Å². The van der Waals surface area contributed by atoms with Crippen molar-refractivity contribution in [2.45, 2.75) is 38.5 Å². The minimum absolute atomic E-state index is 0.114. The van der Waals surface area contributed by atoms with Gasteiger partial charge in [-0.1, -0.05) is 30.0 Å². The van der Waals surface area contributed by atoms with Crippen LogP contribution in [-0.2, 0) is 22.6 Å². The van der Waals surface area contributed by atoms with Crippen LogP contribution in [0.15, 0.2) is 52.4 Å². The number of nitrogens with zero attached hydrogens (tertiary/aromatic N) is 3. The Bertz CT molecular complexity index is 1180. The predicted octanol–water partition coefficient (Wildman–Crippen LogP) is 4.11. The molecule has 1 aromatic heterocycles. The van der Waals surface area contributed by atoms with Crippen LogP contribution in [-0.4, -0.2) is 53.0 Å². The van der Waals surface area contributed by atoms with Crippen LogP contribution in [0.25, 0.3) is 10.9 Å². The Morgan fingerprint density at radius 3 is 2.71 bits per heavy atom. The summed E-state index contributed by atoms with van der Waals surface area (Å²) in [5, 5.41) is 1.05. The van der Waals surface area contributed by atoms with Crippen molar-refractivity contribution in [3.05, 3.63) is 64.2 Å². The molecule has 0 aliphatic heterocycles. The molecule has 34 heavy (non-hydrogen) atoms. The molecular formula is C25H30FN3O4S. The highest BCUT2D eigenvalue weighted by molar-refractivity contribution is 7.99. The normalized spacial score (nSPS) is 11.1. The lowest BCUT2D eigenvalue weighted by atomic mass is 10.2. The van der Waals surface area contributed by atoms with Crippen molar-refractivity contribution < 1.29 is 18.7 Å². The molecule has 2 aromatic carbocycles. The number of carbonyl (C=O) groups excluding carboxylic acids is 1. The van der Waals surface area contributed by atoms with Gasteiger partial charge in [-0.05, 0) is 50.1 Å². The van der Waals surface area contributed by atoms with Gasteiger partial charge in [-0.3, -0.25) is 14.2 Å². The first-order valence-corrected chi connectivity index (χ1v) is 12.3. The van der Waals surface area contributed by atoms with E-state index in [1.807, 2.05) is 26.0 Å². The number of fused-ring (bicyclic) bond motifs is 1. The number of aromatic nitrogens is 2. The lowest BCUT2D eigenvalue weighted by Crippen LogP contribution is -2.32. The summed E-state index contributed by atoms with van der Waals surface area (Å²) in [6.07, 6.45) is 0.666. The highest BCUT2D eigenvalue weighted by Gasteiger charge is 2.17. The molecular weight excluding hydrogens is 457 g/mol. The van der Waals surface area contributed by atoms with Crippen molar-refractivity contribution in [2.75, 3.05) is 32.6 Å². The van der Waals surface area contributed by atoms with Crippen molar-refractivity contribution in [3.8, 4) is 5.75 Å². The minimum atomic E-state index is -0.464. The van der Waals surface area contributed by atoms with E-state index in [0.717, 1.165) is 0 Å². The standard InChI is InChI=1S/C25H30FN3O4S/c1-4-28(16-18-11-12-22(32-3)20(26)15-18)23(30)17-34-25-27-21-10-7-6-9-19(21)24(31)29(25)13-8-14-33-5-2/h6-7,9-12,15H,4-5,8,13-14,16-17H2,1-3H3. The molecule has 9 heteroatoms. The smallest absolute Gasteiger partial charge is 0.262 e. The molecule has 0 aliphatic carbocycles. The average molecular weight is 488 g/mol. The largest absolute Gasteiger partial charge is 0.494 e. The zero-order valence-corrected chi connectivity index (χ0v) is 20.6. The maximum absolute atomic E-state index is 14.1. The topological polar surface area (TPSA) is 73.7 Å². The summed E-state index contributed by atoms with van der Waals surface area (Å²) in [7, 11) is 1.41. The molecule has 0 spiro atoms. The van der Waals surface area contributed by atoms with Gasteiger partial charge in [0.1, 0.15) is 0 Å². The Balaban J connectivity index is 1.76. The van der Waals surface area contributed by atoms with E-state index >= 15 is 0 Å². The van der Waals surface area contributed by atoms with Crippen molar-refractivity contribution in [1.82, 2.24) is 14.5 Å². The fourth-order valence-electron chi connectivity index (χ4n) is 3.55. The van der Waals surface area contributed by atoms with Crippen LogP contribution in [0.5, 0.6) is 5.75 Å². The van der Waals surface area contributed by atoms with Crippen LogP contribution < -0.4 is 10.3 Å². The number of halogens is 1. The van der Waals surface area contributed by atoms with Crippen LogP contribution in [0.2, 0.25) is 0 Å². The van der Waals surface area contributed by atoms with Crippen molar-refractivity contribution in [2.24, 2.45) is 0 Å². The number of hydrogen-bond acceptors (Lipinski definition) is 6. The number of benzene rings is 2. The zero-order valence-electron chi connectivity index (χ0n) is 19.8. The Hall–Kier alpha value is -2.91. The van der Waals surface area contributed by atoms with Crippen LogP contribution in [0.4, 0.5) is 4.39 Å². The Morgan fingerprint density at radius 2 is 2.00 bits per heavy atom. The van der Waals surface area contributed by atoms with E-state index in [9.17, 15) is 14.0 Å². The Labute approximate surface area is 202 Å². The maximum Gasteiger partial charge on any atom is 0.262 e. The van der Waals surface area contributed by atoms with Gasteiger partial charge in [-0.2, -0.15) is 0 Å². The van der Waals surface area contributed by atoms with E-state index in [4.69, 9.17) is 9.47 Å². The molecule has 7 nitrogen and oxygen atoms in total. The van der Waals surface area contributed by atoms with Gasteiger partial charge in [-0.15, -0.1) is 0 Å². The summed E-state index contributed by atoms with van der Waals surface area (Å²) in [5.41, 5.74) is 1.15. The molecule has 3 rings (SSSR count). The highest BCUT2D eigenvalue weighted by Crippen LogP contribution is 2.21. The van der Waals surface area contributed by atoms with Crippen molar-refractivity contribution in [1.29, 1.82) is 0 Å². The average Bonchev–Trinajstić information content (AvgIpc) is 2.85. The van der Waals surface area contributed by atoms with Crippen LogP contribution in [0.3, 0.4) is 0 Å². The molecule has 0 fully saturated rings. The van der Waals surface area contributed by atoms with E-state index in [-0.39, 0.29) is 29.5 Å². The highest BCUT2D eigenvalue weighted by atomic mass is 32.2. The molecule has 182 valence electrons. The molecule has 0 atom stereocenters. The second kappa shape index (κ2) is 12.5. The third kappa shape index (κ3) is 6.36. The van der Waals surface area contributed by atoms with Gasteiger partial charge in [0.15, 0.2) is 16.7 Å². The third-order valence-electron chi connectivity index (χ3n) is 5.35. The number of ether oxygens (including phenoxy) is 2. The third-order valence-corrected chi connectivity index (χ3v) is 6.31. The van der Waals surface area contributed by atoms with Crippen molar-refractivity contribution in [3.63, 3.8) is 0 Å². The minimum Gasteiger partial charge on any atom is -0.494 e. The van der Waals surface area contributed by atoms with Gasteiger partial charge in [0.25, 0.3) is 5.56 Å². The zero-order chi connectivity index (χ0) is 24.5. The molecule has 0 bridgehead atoms. The number of carbonyl (C=O) groups is 1. The Kier molecular flexibility index (Phi) is 9.47. The number of methoxy groups -OCH3 is 1. The second-order valence-corrected chi connectivity index (χ2v) is 8.53. The molecule has 0 saturated heterocycles. The number of rotatable bonds is 12. The summed E-state index contributed by atoms with van der Waals surface area (Å²) in [6.45, 7) is 6.17. The molecule has 1 heterocycles. The molecule has 0 aliphatic rings. The first-order chi connectivity index (χ1) is 16.5. The van der Waals surface area contributed by atoms with E-state index in [1.165, 1.54) is 24.9 Å². The number of hydrogen-bond donors (Lipinski definition) is 0. The molecule has 0 N–H and O–H groups in total. The Morgan fingerprint density at radius 1 is 1.21 bits per heavy atom. The second-order valence-electron chi connectivity index (χ2n) is 7.58. The quantitative estimate of drug-likeness (QED) is 0.217. The molecule has 0 radical (unpaired) electrons. The fourth-order valence-corrected chi connectivity index (χ4v) is 4.47. The first kappa shape index (κ1) is 25.7. The summed E-state index contributed by atoms with van der Waals surface area (Å²) < 4.78 is 26.0. The maximum atomic E-state index is 14.1. The van der Waals surface area contributed by atoms with Crippen LogP contribution in [0, 0.1) is 5.82 Å². The summed E-state index contributed by atoms with van der Waals surface area (Å²) in [6, 6.07) is 11.9. The van der Waals surface area contributed by atoms with Gasteiger partial charge in [0.05, 0.1) is 23.8 Å². The summed E-state index contributed by atoms with van der Waals surface area (Å²) in [5.74, 6) is -0.303. The van der Waals surface area contributed by atoms with E-state index in [2.05, 4.69) is 4.98 Å². The lowest BCUT2D eigenvalue weighted by molar-refractivity contribution is -0.128. The number of amides is 1. The number of para-hydroxylation sites is 1. The molecule has 3 aromatic rings. The molecule has 1 amide bonds. The summed E-state index contributed by atoms with van der Waals surface area (Å²) in [4.78, 5) is 32.4. The van der Waals surface area contributed by atoms with Crippen LogP contribution in [0.1, 0.15) is 25.8 Å². The number of thioether (sulfide) groups is 1. The van der Waals surface area contributed by atoms with Gasteiger partial charge in [-0.25, -0.2) is 9.37 Å². The summed E-state index contributed by atoms with van der Waals surface area (Å²) >= 11 is 1.24. The lowest BCUT2D eigenvalue weighted by Gasteiger charge is -2.21. The fraction of sp³-hybridized carbons (Fsp3) is 0.400. The van der Waals surface area contributed by atoms with Gasteiger partial charge >= 0.3 is 0 Å². The van der Waals surface area contributed by atoms with Crippen molar-refractivity contribution >= 4 is 28.6 Å². The first-order valence-electron chi connectivity index (χ1n) is 11.3. The monoisotopic (exact) mass is 487 g/mol. The van der Waals surface area contributed by atoms with E-state index in [0.29, 0.717) is 54.3 Å². The van der Waals surface area contributed by atoms with Gasteiger partial charge in [0, 0.05) is 32.8 Å².